The van der Waals surface area contributed by atoms with Crippen molar-refractivity contribution in [1.82, 2.24) is 10.6 Å². The van der Waals surface area contributed by atoms with E-state index < -0.39 is 0 Å². The van der Waals surface area contributed by atoms with Crippen molar-refractivity contribution in [3.8, 4) is 5.75 Å². The zero-order valence-electron chi connectivity index (χ0n) is 17.7. The molecule has 0 spiro atoms. The number of carbonyl (C=O) groups excluding carboxylic acids is 1. The highest BCUT2D eigenvalue weighted by atomic mass is 35.5. The van der Waals surface area contributed by atoms with Gasteiger partial charge in [0.15, 0.2) is 0 Å². The Labute approximate surface area is 191 Å². The van der Waals surface area contributed by atoms with Gasteiger partial charge in [0.1, 0.15) is 5.75 Å². The summed E-state index contributed by atoms with van der Waals surface area (Å²) in [5.41, 5.74) is 3.29. The summed E-state index contributed by atoms with van der Waals surface area (Å²) >= 11 is 0. The number of rotatable bonds is 7. The molecule has 2 N–H and O–H groups in total. The third kappa shape index (κ3) is 6.35. The first-order chi connectivity index (χ1) is 13.6. The molecule has 1 aliphatic heterocycles. The Kier molecular flexibility index (Phi) is 11.2. The Morgan fingerprint density at radius 3 is 2.57 bits per heavy atom. The topological polar surface area (TPSA) is 59.6 Å². The van der Waals surface area contributed by atoms with Crippen LogP contribution >= 0.6 is 24.8 Å². The molecule has 166 valence electrons. The van der Waals surface area contributed by atoms with Crippen LogP contribution in [0.4, 0.5) is 0 Å². The lowest BCUT2D eigenvalue weighted by molar-refractivity contribution is -0.141. The highest BCUT2D eigenvalue weighted by Gasteiger charge is 2.26. The van der Waals surface area contributed by atoms with Gasteiger partial charge in [-0.2, -0.15) is 0 Å². The molecule has 3 atom stereocenters. The van der Waals surface area contributed by atoms with E-state index >= 15 is 0 Å². The SMILES string of the molecule is COC(=O)C(C)c1ccc(OC)c(CN[C@H]2CCCN[C@H]2c2ccccc2)c1.Cl.Cl. The van der Waals surface area contributed by atoms with Gasteiger partial charge in [0.25, 0.3) is 0 Å². The predicted octanol–water partition coefficient (Wildman–Crippen LogP) is 4.40. The van der Waals surface area contributed by atoms with Crippen molar-refractivity contribution in [1.29, 1.82) is 0 Å². The third-order valence-corrected chi connectivity index (χ3v) is 5.53. The zero-order valence-corrected chi connectivity index (χ0v) is 19.4. The van der Waals surface area contributed by atoms with E-state index in [-0.39, 0.29) is 42.7 Å². The zero-order chi connectivity index (χ0) is 19.9. The lowest BCUT2D eigenvalue weighted by atomic mass is 9.92. The van der Waals surface area contributed by atoms with Gasteiger partial charge >= 0.3 is 5.97 Å². The lowest BCUT2D eigenvalue weighted by Gasteiger charge is -2.34. The first kappa shape index (κ1) is 26.2. The minimum Gasteiger partial charge on any atom is -0.496 e. The molecule has 0 radical (unpaired) electrons. The van der Waals surface area contributed by atoms with Gasteiger partial charge in [0.2, 0.25) is 0 Å². The van der Waals surface area contributed by atoms with Gasteiger partial charge in [-0.15, -0.1) is 24.8 Å². The molecule has 7 heteroatoms. The summed E-state index contributed by atoms with van der Waals surface area (Å²) in [4.78, 5) is 11.9. The Bertz CT molecular complexity index is 789. The molecule has 1 fully saturated rings. The monoisotopic (exact) mass is 454 g/mol. The van der Waals surface area contributed by atoms with Gasteiger partial charge < -0.3 is 20.1 Å². The molecule has 3 rings (SSSR count). The van der Waals surface area contributed by atoms with Crippen molar-refractivity contribution in [2.24, 2.45) is 0 Å². The summed E-state index contributed by atoms with van der Waals surface area (Å²) in [7, 11) is 3.10. The normalized spacial score (nSPS) is 19.0. The second-order valence-corrected chi connectivity index (χ2v) is 7.29. The smallest absolute Gasteiger partial charge is 0.312 e. The molecule has 0 aliphatic carbocycles. The first-order valence-electron chi connectivity index (χ1n) is 9.90. The number of ether oxygens (including phenoxy) is 2. The number of benzene rings is 2. The van der Waals surface area contributed by atoms with E-state index in [0.29, 0.717) is 12.6 Å². The van der Waals surface area contributed by atoms with Crippen molar-refractivity contribution in [3.05, 3.63) is 65.2 Å². The van der Waals surface area contributed by atoms with Crippen LogP contribution in [-0.4, -0.2) is 32.8 Å². The van der Waals surface area contributed by atoms with E-state index in [9.17, 15) is 4.79 Å². The predicted molar refractivity (Wildman–Crippen MR) is 125 cm³/mol. The minimum atomic E-state index is -0.303. The van der Waals surface area contributed by atoms with Crippen molar-refractivity contribution in [3.63, 3.8) is 0 Å². The van der Waals surface area contributed by atoms with Crippen LogP contribution in [0, 0.1) is 0 Å². The maximum atomic E-state index is 11.9. The Balaban J connectivity index is 0.00000225. The number of halogens is 2. The van der Waals surface area contributed by atoms with Gasteiger partial charge in [-0.1, -0.05) is 36.4 Å². The van der Waals surface area contributed by atoms with Gasteiger partial charge in [-0.25, -0.2) is 0 Å². The molecule has 0 bridgehead atoms. The van der Waals surface area contributed by atoms with E-state index in [4.69, 9.17) is 9.47 Å². The van der Waals surface area contributed by atoms with Crippen molar-refractivity contribution >= 4 is 30.8 Å². The fraction of sp³-hybridized carbons (Fsp3) is 0.435. The average molecular weight is 455 g/mol. The second-order valence-electron chi connectivity index (χ2n) is 7.29. The van der Waals surface area contributed by atoms with Gasteiger partial charge in [-0.05, 0) is 49.6 Å². The van der Waals surface area contributed by atoms with Gasteiger partial charge in [-0.3, -0.25) is 4.79 Å². The number of piperidine rings is 1. The van der Waals surface area contributed by atoms with Gasteiger partial charge in [0.05, 0.1) is 20.1 Å². The van der Waals surface area contributed by atoms with Crippen LogP contribution in [0.5, 0.6) is 5.75 Å². The van der Waals surface area contributed by atoms with E-state index in [0.717, 1.165) is 36.3 Å². The maximum Gasteiger partial charge on any atom is 0.312 e. The molecule has 5 nitrogen and oxygen atoms in total. The summed E-state index contributed by atoms with van der Waals surface area (Å²) in [6, 6.07) is 17.1. The lowest BCUT2D eigenvalue weighted by Crippen LogP contribution is -2.45. The number of hydrogen-bond acceptors (Lipinski definition) is 5. The largest absolute Gasteiger partial charge is 0.496 e. The molecule has 1 unspecified atom stereocenters. The van der Waals surface area contributed by atoms with Crippen LogP contribution in [0.1, 0.15) is 48.4 Å². The van der Waals surface area contributed by atoms with E-state index in [1.807, 2.05) is 31.2 Å². The van der Waals surface area contributed by atoms with E-state index in [1.165, 1.54) is 12.7 Å². The Morgan fingerprint density at radius 2 is 1.90 bits per heavy atom. The summed E-state index contributed by atoms with van der Waals surface area (Å²) in [6.07, 6.45) is 2.27. The molecule has 30 heavy (non-hydrogen) atoms. The van der Waals surface area contributed by atoms with E-state index in [2.05, 4.69) is 34.9 Å². The van der Waals surface area contributed by atoms with Crippen molar-refractivity contribution in [2.75, 3.05) is 20.8 Å². The Morgan fingerprint density at radius 1 is 1.17 bits per heavy atom. The molecular formula is C23H32Cl2N2O3. The fourth-order valence-corrected chi connectivity index (χ4v) is 3.88. The first-order valence-corrected chi connectivity index (χ1v) is 9.90. The molecule has 1 heterocycles. The molecular weight excluding hydrogens is 423 g/mol. The maximum absolute atomic E-state index is 11.9. The number of carbonyl (C=O) groups is 1. The summed E-state index contributed by atoms with van der Waals surface area (Å²) < 4.78 is 10.4. The molecule has 0 aromatic heterocycles. The number of esters is 1. The van der Waals surface area contributed by atoms with Crippen LogP contribution in [-0.2, 0) is 16.1 Å². The number of nitrogens with one attached hydrogen (secondary N) is 2. The number of hydrogen-bond donors (Lipinski definition) is 2. The number of methoxy groups -OCH3 is 2. The molecule has 0 amide bonds. The minimum absolute atomic E-state index is 0. The van der Waals surface area contributed by atoms with Gasteiger partial charge in [0, 0.05) is 24.2 Å². The third-order valence-electron chi connectivity index (χ3n) is 5.53. The quantitative estimate of drug-likeness (QED) is 0.607. The van der Waals surface area contributed by atoms with E-state index in [1.54, 1.807) is 7.11 Å². The molecule has 0 saturated carbocycles. The molecule has 2 aromatic carbocycles. The van der Waals surface area contributed by atoms with Crippen LogP contribution in [0.15, 0.2) is 48.5 Å². The van der Waals surface area contributed by atoms with Crippen LogP contribution < -0.4 is 15.4 Å². The molecule has 1 saturated heterocycles. The van der Waals surface area contributed by atoms with Crippen LogP contribution in [0.25, 0.3) is 0 Å². The van der Waals surface area contributed by atoms with Crippen molar-refractivity contribution in [2.45, 2.75) is 44.3 Å². The standard InChI is InChI=1S/C23H30N2O3.2ClH/c1-16(23(26)28-3)18-11-12-21(27-2)19(14-18)15-25-20-10-7-13-24-22(20)17-8-5-4-6-9-17;;/h4-6,8-9,11-12,14,16,20,22,24-25H,7,10,13,15H2,1-3H3;2*1H/t16?,20-,22-;;/m0../s1. The van der Waals surface area contributed by atoms with Crippen molar-refractivity contribution < 1.29 is 14.3 Å². The molecule has 1 aliphatic rings. The molecule has 2 aromatic rings. The average Bonchev–Trinajstić information content (AvgIpc) is 2.77. The highest BCUT2D eigenvalue weighted by molar-refractivity contribution is 5.85. The summed E-state index contributed by atoms with van der Waals surface area (Å²) in [5, 5.41) is 7.36. The second kappa shape index (κ2) is 12.8. The highest BCUT2D eigenvalue weighted by Crippen LogP contribution is 2.27. The summed E-state index contributed by atoms with van der Waals surface area (Å²) in [6.45, 7) is 3.58. The van der Waals surface area contributed by atoms with Crippen LogP contribution in [0.3, 0.4) is 0 Å². The summed E-state index contributed by atoms with van der Waals surface area (Å²) in [5.74, 6) is 0.293. The Hall–Kier alpha value is -1.79. The fourth-order valence-electron chi connectivity index (χ4n) is 3.88. The van der Waals surface area contributed by atoms with Crippen LogP contribution in [0.2, 0.25) is 0 Å².